The normalized spacial score (nSPS) is 15.4. The van der Waals surface area contributed by atoms with Crippen molar-refractivity contribution in [3.8, 4) is 28.5 Å². The summed E-state index contributed by atoms with van der Waals surface area (Å²) >= 11 is 0. The number of carbonyl (C=O) groups is 1. The molecule has 0 bridgehead atoms. The lowest BCUT2D eigenvalue weighted by molar-refractivity contribution is -0.0502. The summed E-state index contributed by atoms with van der Waals surface area (Å²) in [4.78, 5) is 24.2. The van der Waals surface area contributed by atoms with Crippen molar-refractivity contribution in [2.45, 2.75) is 45.4 Å². The molecular formula is C29H31F2N5O4. The van der Waals surface area contributed by atoms with Crippen LogP contribution in [0.1, 0.15) is 41.9 Å². The molecule has 1 aliphatic carbocycles. The summed E-state index contributed by atoms with van der Waals surface area (Å²) in [5, 5.41) is 0. The third-order valence-electron chi connectivity index (χ3n) is 7.44. The minimum Gasteiger partial charge on any atom is -0.496 e. The lowest BCUT2D eigenvalue weighted by Crippen LogP contribution is -2.34. The second-order valence-corrected chi connectivity index (χ2v) is 10.2. The highest BCUT2D eigenvalue weighted by molar-refractivity contribution is 6.02. The number of hydrogen-bond donors (Lipinski definition) is 0. The van der Waals surface area contributed by atoms with E-state index < -0.39 is 6.61 Å². The zero-order valence-corrected chi connectivity index (χ0v) is 22.3. The number of alkyl halides is 2. The van der Waals surface area contributed by atoms with Gasteiger partial charge in [-0.15, -0.1) is 0 Å². The largest absolute Gasteiger partial charge is 0.496 e. The van der Waals surface area contributed by atoms with Crippen LogP contribution in [0.25, 0.3) is 16.9 Å². The van der Waals surface area contributed by atoms with Gasteiger partial charge in [0, 0.05) is 56.3 Å². The molecule has 0 unspecified atom stereocenters. The third-order valence-corrected chi connectivity index (χ3v) is 7.44. The number of imidazole rings is 2. The standard InChI is InChI=1S/C29H31F2N5O4/c1-38-24-14-20(15-25(40-29(30)31)28(24)23(37)13-19-3-4-19)22-17-33-26-16-21(5-8-36(22)26)39-12-2-7-34-10-11-35-9-6-32-27(35)18-34/h5-6,8-9,14-17,19,29H,2-4,7,10-13,18H2,1H3. The molecule has 0 amide bonds. The van der Waals surface area contributed by atoms with Crippen LogP contribution in [0.5, 0.6) is 17.2 Å². The number of rotatable bonds is 12. The summed E-state index contributed by atoms with van der Waals surface area (Å²) in [6.07, 6.45) is 10.4. The number of benzene rings is 1. The van der Waals surface area contributed by atoms with Gasteiger partial charge >= 0.3 is 6.61 Å². The monoisotopic (exact) mass is 551 g/mol. The van der Waals surface area contributed by atoms with Gasteiger partial charge in [-0.25, -0.2) is 9.97 Å². The predicted molar refractivity (Wildman–Crippen MR) is 143 cm³/mol. The number of fused-ring (bicyclic) bond motifs is 2. The lowest BCUT2D eigenvalue weighted by Gasteiger charge is -2.27. The smallest absolute Gasteiger partial charge is 0.387 e. The van der Waals surface area contributed by atoms with Gasteiger partial charge in [0.05, 0.1) is 32.2 Å². The molecule has 0 atom stereocenters. The first-order chi connectivity index (χ1) is 19.5. The Bertz CT molecular complexity index is 1510. The molecule has 2 aliphatic rings. The van der Waals surface area contributed by atoms with Gasteiger partial charge in [-0.3, -0.25) is 14.1 Å². The van der Waals surface area contributed by atoms with Crippen molar-refractivity contribution in [3.63, 3.8) is 0 Å². The average molecular weight is 552 g/mol. The van der Waals surface area contributed by atoms with Gasteiger partial charge in [-0.05, 0) is 43.4 Å². The topological polar surface area (TPSA) is 83.1 Å². The molecule has 210 valence electrons. The Hall–Kier alpha value is -3.99. The fourth-order valence-electron chi connectivity index (χ4n) is 5.21. The van der Waals surface area contributed by atoms with Crippen molar-refractivity contribution in [2.24, 2.45) is 5.92 Å². The summed E-state index contributed by atoms with van der Waals surface area (Å²) in [6.45, 7) is 1.21. The van der Waals surface area contributed by atoms with Crippen LogP contribution in [0, 0.1) is 5.92 Å². The van der Waals surface area contributed by atoms with E-state index in [1.54, 1.807) is 12.3 Å². The Morgan fingerprint density at radius 3 is 2.77 bits per heavy atom. The van der Waals surface area contributed by atoms with Crippen molar-refractivity contribution >= 4 is 11.4 Å². The molecule has 11 heteroatoms. The number of aromatic nitrogens is 4. The van der Waals surface area contributed by atoms with Gasteiger partial charge in [-0.1, -0.05) is 0 Å². The number of carbonyl (C=O) groups excluding carboxylic acids is 1. The number of pyridine rings is 1. The van der Waals surface area contributed by atoms with Gasteiger partial charge in [0.2, 0.25) is 0 Å². The first-order valence-corrected chi connectivity index (χ1v) is 13.5. The third kappa shape index (κ3) is 5.65. The number of ether oxygens (including phenoxy) is 3. The number of hydrogen-bond acceptors (Lipinski definition) is 7. The van der Waals surface area contributed by atoms with Gasteiger partial charge in [0.1, 0.15) is 34.3 Å². The second kappa shape index (κ2) is 11.2. The van der Waals surface area contributed by atoms with Crippen molar-refractivity contribution in [2.75, 3.05) is 26.8 Å². The van der Waals surface area contributed by atoms with E-state index in [1.165, 1.54) is 13.2 Å². The Kier molecular flexibility index (Phi) is 7.38. The summed E-state index contributed by atoms with van der Waals surface area (Å²) in [5.74, 6) is 1.83. The molecular weight excluding hydrogens is 520 g/mol. The maximum absolute atomic E-state index is 13.3. The van der Waals surface area contributed by atoms with E-state index in [1.807, 2.05) is 35.1 Å². The van der Waals surface area contributed by atoms with E-state index in [2.05, 4.69) is 19.4 Å². The Labute approximate surface area is 230 Å². The van der Waals surface area contributed by atoms with Crippen LogP contribution in [0.2, 0.25) is 0 Å². The van der Waals surface area contributed by atoms with Crippen LogP contribution in [0.15, 0.2) is 49.1 Å². The quantitative estimate of drug-likeness (QED) is 0.180. The maximum atomic E-state index is 13.3. The van der Waals surface area contributed by atoms with Crippen molar-refractivity contribution in [1.82, 2.24) is 23.8 Å². The highest BCUT2D eigenvalue weighted by Gasteiger charge is 2.30. The fourth-order valence-corrected chi connectivity index (χ4v) is 5.21. The molecule has 4 aromatic rings. The van der Waals surface area contributed by atoms with E-state index in [0.717, 1.165) is 51.3 Å². The highest BCUT2D eigenvalue weighted by Crippen LogP contribution is 2.40. The summed E-state index contributed by atoms with van der Waals surface area (Å²) in [5.41, 5.74) is 1.87. The predicted octanol–water partition coefficient (Wildman–Crippen LogP) is 5.08. The van der Waals surface area contributed by atoms with Gasteiger partial charge in [0.15, 0.2) is 5.78 Å². The molecule has 0 saturated heterocycles. The summed E-state index contributed by atoms with van der Waals surface area (Å²) in [7, 11) is 1.41. The van der Waals surface area contributed by atoms with Crippen LogP contribution >= 0.6 is 0 Å². The van der Waals surface area contributed by atoms with Crippen molar-refractivity contribution < 1.29 is 27.8 Å². The molecule has 1 aromatic carbocycles. The molecule has 9 nitrogen and oxygen atoms in total. The molecule has 4 heterocycles. The second-order valence-electron chi connectivity index (χ2n) is 10.2. The summed E-state index contributed by atoms with van der Waals surface area (Å²) in [6, 6.07) is 6.80. The van der Waals surface area contributed by atoms with E-state index in [4.69, 9.17) is 14.2 Å². The van der Waals surface area contributed by atoms with E-state index in [9.17, 15) is 13.6 Å². The average Bonchev–Trinajstić information content (AvgIpc) is 3.46. The van der Waals surface area contributed by atoms with E-state index in [0.29, 0.717) is 35.2 Å². The van der Waals surface area contributed by atoms with Crippen molar-refractivity contribution in [1.29, 1.82) is 0 Å². The molecule has 1 saturated carbocycles. The van der Waals surface area contributed by atoms with Crippen LogP contribution < -0.4 is 14.2 Å². The molecule has 3 aromatic heterocycles. The lowest BCUT2D eigenvalue weighted by atomic mass is 10.00. The SMILES string of the molecule is COc1cc(-c2cnc3cc(OCCCN4CCn5ccnc5C4)ccn23)cc(OC(F)F)c1C(=O)CC1CC1. The maximum Gasteiger partial charge on any atom is 0.387 e. The number of halogens is 2. The number of nitrogens with zero attached hydrogens (tertiary/aromatic N) is 5. The first-order valence-electron chi connectivity index (χ1n) is 13.5. The van der Waals surface area contributed by atoms with Crippen LogP contribution in [0.4, 0.5) is 8.78 Å². The van der Waals surface area contributed by atoms with Gasteiger partial charge < -0.3 is 18.8 Å². The highest BCUT2D eigenvalue weighted by atomic mass is 19.3. The van der Waals surface area contributed by atoms with Gasteiger partial charge in [0.25, 0.3) is 0 Å². The number of methoxy groups -OCH3 is 1. The fraction of sp³-hybridized carbons (Fsp3) is 0.414. The number of Topliss-reactive ketones (excluding diaryl/α,β-unsaturated/α-hetero) is 1. The minimum atomic E-state index is -3.08. The molecule has 1 fully saturated rings. The Morgan fingerprint density at radius 2 is 1.98 bits per heavy atom. The zero-order chi connectivity index (χ0) is 27.6. The van der Waals surface area contributed by atoms with Crippen molar-refractivity contribution in [3.05, 3.63) is 60.4 Å². The minimum absolute atomic E-state index is 0.0535. The first kappa shape index (κ1) is 26.2. The van der Waals surface area contributed by atoms with Crippen LogP contribution in [0.3, 0.4) is 0 Å². The van der Waals surface area contributed by atoms with Crippen LogP contribution in [-0.4, -0.2) is 63.0 Å². The molecule has 0 N–H and O–H groups in total. The molecule has 1 aliphatic heterocycles. The summed E-state index contributed by atoms with van der Waals surface area (Å²) < 4.78 is 46.9. The Balaban J connectivity index is 1.16. The molecule has 6 rings (SSSR count). The molecule has 40 heavy (non-hydrogen) atoms. The van der Waals surface area contributed by atoms with Gasteiger partial charge in [-0.2, -0.15) is 8.78 Å². The van der Waals surface area contributed by atoms with E-state index in [-0.39, 0.29) is 29.3 Å². The zero-order valence-electron chi connectivity index (χ0n) is 22.3. The number of ketones is 1. The molecule has 0 spiro atoms. The Morgan fingerprint density at radius 1 is 1.12 bits per heavy atom. The van der Waals surface area contributed by atoms with Crippen LogP contribution in [-0.2, 0) is 13.1 Å². The van der Waals surface area contributed by atoms with E-state index >= 15 is 0 Å². The molecule has 0 radical (unpaired) electrons.